The van der Waals surface area contributed by atoms with Gasteiger partial charge in [0.2, 0.25) is 0 Å². The molecule has 3 rings (SSSR count). The number of rotatable bonds is 6. The van der Waals surface area contributed by atoms with Gasteiger partial charge in [0, 0.05) is 43.8 Å². The molecule has 0 radical (unpaired) electrons. The maximum absolute atomic E-state index is 12.5. The predicted octanol–water partition coefficient (Wildman–Crippen LogP) is 3.43. The fourth-order valence-electron chi connectivity index (χ4n) is 2.42. The molecule has 6 nitrogen and oxygen atoms in total. The van der Waals surface area contributed by atoms with Gasteiger partial charge in [-0.2, -0.15) is 0 Å². The Labute approximate surface area is 157 Å². The summed E-state index contributed by atoms with van der Waals surface area (Å²) >= 11 is 1.61. The zero-order valence-electron chi connectivity index (χ0n) is 15.0. The average molecular weight is 367 g/mol. The third-order valence-corrected chi connectivity index (χ3v) is 4.95. The normalized spacial score (nSPS) is 10.6. The molecule has 0 bridgehead atoms. The molecule has 0 atom stereocenters. The standard InChI is InChI=1S/C19H21N5OS/c1-23(2)17-9-5-7-15(11-17)18(25)21-16-8-4-6-14(10-16)12-26-19-22-20-13-24(19)3/h4-11,13H,12H2,1-3H3,(H,21,25). The van der Waals surface area contributed by atoms with Crippen molar-refractivity contribution in [3.05, 3.63) is 66.0 Å². The Hall–Kier alpha value is -2.80. The molecule has 0 fully saturated rings. The zero-order chi connectivity index (χ0) is 18.5. The van der Waals surface area contributed by atoms with Gasteiger partial charge in [-0.3, -0.25) is 4.79 Å². The van der Waals surface area contributed by atoms with Gasteiger partial charge in [-0.25, -0.2) is 0 Å². The average Bonchev–Trinajstić information content (AvgIpc) is 3.05. The molecule has 1 heterocycles. The quantitative estimate of drug-likeness (QED) is 0.676. The summed E-state index contributed by atoms with van der Waals surface area (Å²) in [6.07, 6.45) is 1.68. The minimum Gasteiger partial charge on any atom is -0.378 e. The molecule has 1 amide bonds. The van der Waals surface area contributed by atoms with Crippen molar-refractivity contribution in [1.82, 2.24) is 14.8 Å². The Kier molecular flexibility index (Phi) is 5.58. The Bertz CT molecular complexity index is 906. The van der Waals surface area contributed by atoms with Crippen molar-refractivity contribution in [2.45, 2.75) is 10.9 Å². The Morgan fingerprint density at radius 1 is 1.19 bits per heavy atom. The van der Waals surface area contributed by atoms with Gasteiger partial charge in [0.25, 0.3) is 5.91 Å². The first-order chi connectivity index (χ1) is 12.5. The van der Waals surface area contributed by atoms with E-state index in [1.54, 1.807) is 18.1 Å². The minimum atomic E-state index is -0.119. The SMILES string of the molecule is CN(C)c1cccc(C(=O)Nc2cccc(CSc3nncn3C)c2)c1. The molecule has 0 unspecified atom stereocenters. The molecule has 0 saturated heterocycles. The van der Waals surface area contributed by atoms with E-state index in [-0.39, 0.29) is 5.91 Å². The van der Waals surface area contributed by atoms with Crippen LogP contribution in [-0.4, -0.2) is 34.8 Å². The van der Waals surface area contributed by atoms with Crippen LogP contribution in [0.1, 0.15) is 15.9 Å². The molecule has 0 aliphatic heterocycles. The Morgan fingerprint density at radius 2 is 2.00 bits per heavy atom. The van der Waals surface area contributed by atoms with Crippen LogP contribution in [0.2, 0.25) is 0 Å². The molecule has 2 aromatic carbocycles. The number of thioether (sulfide) groups is 1. The summed E-state index contributed by atoms with van der Waals surface area (Å²) in [6, 6.07) is 15.4. The van der Waals surface area contributed by atoms with Gasteiger partial charge in [-0.05, 0) is 35.9 Å². The summed E-state index contributed by atoms with van der Waals surface area (Å²) in [6.45, 7) is 0. The largest absolute Gasteiger partial charge is 0.378 e. The van der Waals surface area contributed by atoms with E-state index in [4.69, 9.17) is 0 Å². The van der Waals surface area contributed by atoms with E-state index in [1.807, 2.05) is 79.1 Å². The highest BCUT2D eigenvalue weighted by atomic mass is 32.2. The summed E-state index contributed by atoms with van der Waals surface area (Å²) in [5, 5.41) is 11.8. The van der Waals surface area contributed by atoms with Crippen LogP contribution >= 0.6 is 11.8 Å². The number of carbonyl (C=O) groups excluding carboxylic acids is 1. The fourth-order valence-corrected chi connectivity index (χ4v) is 3.25. The molecule has 1 N–H and O–H groups in total. The topological polar surface area (TPSA) is 63.1 Å². The van der Waals surface area contributed by atoms with E-state index in [0.29, 0.717) is 5.56 Å². The predicted molar refractivity (Wildman–Crippen MR) is 106 cm³/mol. The molecule has 0 spiro atoms. The highest BCUT2D eigenvalue weighted by Crippen LogP contribution is 2.22. The van der Waals surface area contributed by atoms with Gasteiger partial charge in [0.1, 0.15) is 6.33 Å². The first-order valence-electron chi connectivity index (χ1n) is 8.17. The highest BCUT2D eigenvalue weighted by molar-refractivity contribution is 7.98. The second-order valence-corrected chi connectivity index (χ2v) is 7.05. The van der Waals surface area contributed by atoms with Crippen LogP contribution < -0.4 is 10.2 Å². The van der Waals surface area contributed by atoms with Gasteiger partial charge >= 0.3 is 0 Å². The molecule has 7 heteroatoms. The number of anilines is 2. The summed E-state index contributed by atoms with van der Waals surface area (Å²) in [7, 11) is 5.82. The molecule has 26 heavy (non-hydrogen) atoms. The second kappa shape index (κ2) is 8.05. The van der Waals surface area contributed by atoms with Crippen LogP contribution in [0.15, 0.2) is 60.0 Å². The van der Waals surface area contributed by atoms with Crippen molar-refractivity contribution < 1.29 is 4.79 Å². The molecule has 134 valence electrons. The van der Waals surface area contributed by atoms with E-state index < -0.39 is 0 Å². The third kappa shape index (κ3) is 4.43. The molecular weight excluding hydrogens is 346 g/mol. The monoisotopic (exact) mass is 367 g/mol. The van der Waals surface area contributed by atoms with E-state index in [1.165, 1.54) is 0 Å². The Morgan fingerprint density at radius 3 is 2.73 bits per heavy atom. The number of aromatic nitrogens is 3. The minimum absolute atomic E-state index is 0.119. The van der Waals surface area contributed by atoms with Gasteiger partial charge in [0.15, 0.2) is 5.16 Å². The van der Waals surface area contributed by atoms with Crippen molar-refractivity contribution in [3.63, 3.8) is 0 Å². The van der Waals surface area contributed by atoms with Gasteiger partial charge in [0.05, 0.1) is 0 Å². The van der Waals surface area contributed by atoms with Crippen molar-refractivity contribution in [2.75, 3.05) is 24.3 Å². The lowest BCUT2D eigenvalue weighted by Crippen LogP contribution is -2.14. The number of nitrogens with one attached hydrogen (secondary N) is 1. The second-order valence-electron chi connectivity index (χ2n) is 6.11. The van der Waals surface area contributed by atoms with Crippen LogP contribution in [0.3, 0.4) is 0 Å². The number of carbonyl (C=O) groups is 1. The third-order valence-electron chi connectivity index (χ3n) is 3.85. The lowest BCUT2D eigenvalue weighted by molar-refractivity contribution is 0.102. The lowest BCUT2D eigenvalue weighted by Gasteiger charge is -2.13. The number of benzene rings is 2. The van der Waals surface area contributed by atoms with Crippen LogP contribution in [-0.2, 0) is 12.8 Å². The number of amides is 1. The summed E-state index contributed by atoms with van der Waals surface area (Å²) in [4.78, 5) is 14.5. The van der Waals surface area contributed by atoms with Crippen LogP contribution in [0, 0.1) is 0 Å². The summed E-state index contributed by atoms with van der Waals surface area (Å²) in [5.41, 5.74) is 3.51. The van der Waals surface area contributed by atoms with Crippen LogP contribution in [0.5, 0.6) is 0 Å². The van der Waals surface area contributed by atoms with Gasteiger partial charge in [-0.15, -0.1) is 10.2 Å². The van der Waals surface area contributed by atoms with Crippen LogP contribution in [0.4, 0.5) is 11.4 Å². The molecule has 1 aromatic heterocycles. The molecule has 3 aromatic rings. The van der Waals surface area contributed by atoms with Crippen molar-refractivity contribution in [1.29, 1.82) is 0 Å². The first kappa shape index (κ1) is 18.0. The number of aryl methyl sites for hydroxylation is 1. The smallest absolute Gasteiger partial charge is 0.255 e. The zero-order valence-corrected chi connectivity index (χ0v) is 15.8. The maximum atomic E-state index is 12.5. The molecular formula is C19H21N5OS. The molecule has 0 aliphatic carbocycles. The lowest BCUT2D eigenvalue weighted by atomic mass is 10.1. The van der Waals surface area contributed by atoms with Crippen molar-refractivity contribution >= 4 is 29.0 Å². The summed E-state index contributed by atoms with van der Waals surface area (Å²) in [5.74, 6) is 0.638. The van der Waals surface area contributed by atoms with Crippen molar-refractivity contribution in [3.8, 4) is 0 Å². The van der Waals surface area contributed by atoms with Crippen molar-refractivity contribution in [2.24, 2.45) is 7.05 Å². The Balaban J connectivity index is 1.67. The van der Waals surface area contributed by atoms with Gasteiger partial charge in [-0.1, -0.05) is 30.0 Å². The number of hydrogen-bond acceptors (Lipinski definition) is 5. The van der Waals surface area contributed by atoms with E-state index >= 15 is 0 Å². The fraction of sp³-hybridized carbons (Fsp3) is 0.211. The van der Waals surface area contributed by atoms with Gasteiger partial charge < -0.3 is 14.8 Å². The van der Waals surface area contributed by atoms with E-state index in [9.17, 15) is 4.79 Å². The summed E-state index contributed by atoms with van der Waals surface area (Å²) < 4.78 is 1.88. The molecule has 0 aliphatic rings. The molecule has 0 saturated carbocycles. The van der Waals surface area contributed by atoms with E-state index in [2.05, 4.69) is 15.5 Å². The van der Waals surface area contributed by atoms with E-state index in [0.717, 1.165) is 27.8 Å². The highest BCUT2D eigenvalue weighted by Gasteiger charge is 2.09. The number of nitrogens with zero attached hydrogens (tertiary/aromatic N) is 4. The van der Waals surface area contributed by atoms with Crippen LogP contribution in [0.25, 0.3) is 0 Å². The first-order valence-corrected chi connectivity index (χ1v) is 9.16. The maximum Gasteiger partial charge on any atom is 0.255 e. The number of hydrogen-bond donors (Lipinski definition) is 1.